The zero-order chi connectivity index (χ0) is 20.1. The molecule has 2 aromatic carbocycles. The van der Waals surface area contributed by atoms with E-state index in [1.54, 1.807) is 0 Å². The summed E-state index contributed by atoms with van der Waals surface area (Å²) in [5, 5.41) is 21.7. The SMILES string of the molecule is CCCc1cc(Cc2cc(CCC)cc(C(C)C)c2O)c(O)c(C(C)C)c1. The predicted octanol–water partition coefficient (Wildman–Crippen LogP) is 6.84. The quantitative estimate of drug-likeness (QED) is 0.535. The normalized spacial score (nSPS) is 11.6. The summed E-state index contributed by atoms with van der Waals surface area (Å²) in [6, 6.07) is 8.51. The Morgan fingerprint density at radius 3 is 1.33 bits per heavy atom. The van der Waals surface area contributed by atoms with Gasteiger partial charge in [0.05, 0.1) is 0 Å². The maximum absolute atomic E-state index is 10.9. The summed E-state index contributed by atoms with van der Waals surface area (Å²) in [4.78, 5) is 0. The van der Waals surface area contributed by atoms with Crippen molar-refractivity contribution in [1.82, 2.24) is 0 Å². The number of benzene rings is 2. The molecule has 0 saturated heterocycles. The van der Waals surface area contributed by atoms with Gasteiger partial charge in [-0.1, -0.05) is 78.6 Å². The fourth-order valence-electron chi connectivity index (χ4n) is 3.80. The van der Waals surface area contributed by atoms with Gasteiger partial charge >= 0.3 is 0 Å². The molecule has 0 amide bonds. The van der Waals surface area contributed by atoms with E-state index in [9.17, 15) is 10.2 Å². The summed E-state index contributed by atoms with van der Waals surface area (Å²) in [6.45, 7) is 12.8. The minimum absolute atomic E-state index is 0.270. The maximum atomic E-state index is 10.9. The lowest BCUT2D eigenvalue weighted by molar-refractivity contribution is 0.452. The third-order valence-electron chi connectivity index (χ3n) is 5.26. The van der Waals surface area contributed by atoms with Crippen LogP contribution in [0.1, 0.15) is 99.6 Å². The van der Waals surface area contributed by atoms with E-state index in [1.807, 2.05) is 0 Å². The van der Waals surface area contributed by atoms with Crippen molar-refractivity contribution < 1.29 is 10.2 Å². The summed E-state index contributed by atoms with van der Waals surface area (Å²) in [6.07, 6.45) is 4.73. The van der Waals surface area contributed by atoms with Gasteiger partial charge < -0.3 is 10.2 Å². The summed E-state index contributed by atoms with van der Waals surface area (Å²) < 4.78 is 0. The molecule has 27 heavy (non-hydrogen) atoms. The lowest BCUT2D eigenvalue weighted by Gasteiger charge is -2.18. The number of hydrogen-bond donors (Lipinski definition) is 2. The van der Waals surface area contributed by atoms with Crippen LogP contribution in [0.4, 0.5) is 0 Å². The van der Waals surface area contributed by atoms with Gasteiger partial charge in [-0.05, 0) is 58.1 Å². The van der Waals surface area contributed by atoms with Gasteiger partial charge in [0.1, 0.15) is 11.5 Å². The Labute approximate surface area is 165 Å². The monoisotopic (exact) mass is 368 g/mol. The van der Waals surface area contributed by atoms with Crippen LogP contribution in [0.3, 0.4) is 0 Å². The van der Waals surface area contributed by atoms with Crippen molar-refractivity contribution in [1.29, 1.82) is 0 Å². The number of hydrogen-bond acceptors (Lipinski definition) is 2. The molecule has 0 spiro atoms. The Hall–Kier alpha value is -1.96. The first-order chi connectivity index (χ1) is 12.8. The topological polar surface area (TPSA) is 40.5 Å². The van der Waals surface area contributed by atoms with Crippen LogP contribution in [0.25, 0.3) is 0 Å². The molecule has 0 atom stereocenters. The average Bonchev–Trinajstić information content (AvgIpc) is 2.60. The Kier molecular flexibility index (Phi) is 7.35. The Morgan fingerprint density at radius 1 is 0.667 bits per heavy atom. The molecule has 2 aromatic rings. The molecular formula is C25H36O2. The minimum atomic E-state index is 0.270. The van der Waals surface area contributed by atoms with Crippen LogP contribution < -0.4 is 0 Å². The number of phenolic OH excluding ortho intramolecular Hbond substituents is 2. The molecule has 0 aliphatic heterocycles. The minimum Gasteiger partial charge on any atom is -0.507 e. The van der Waals surface area contributed by atoms with E-state index in [4.69, 9.17) is 0 Å². The van der Waals surface area contributed by atoms with Crippen molar-refractivity contribution in [2.75, 3.05) is 0 Å². The third-order valence-corrected chi connectivity index (χ3v) is 5.26. The van der Waals surface area contributed by atoms with Gasteiger partial charge in [0, 0.05) is 6.42 Å². The maximum Gasteiger partial charge on any atom is 0.122 e. The third kappa shape index (κ3) is 5.06. The van der Waals surface area contributed by atoms with Crippen molar-refractivity contribution in [2.24, 2.45) is 0 Å². The Bertz CT molecular complexity index is 707. The molecule has 0 fully saturated rings. The highest BCUT2D eigenvalue weighted by Gasteiger charge is 2.17. The van der Waals surface area contributed by atoms with Gasteiger partial charge in [-0.2, -0.15) is 0 Å². The van der Waals surface area contributed by atoms with Gasteiger partial charge in [0.2, 0.25) is 0 Å². The van der Waals surface area contributed by atoms with E-state index in [0.717, 1.165) is 47.9 Å². The van der Waals surface area contributed by atoms with E-state index >= 15 is 0 Å². The fourth-order valence-corrected chi connectivity index (χ4v) is 3.80. The van der Waals surface area contributed by atoms with E-state index in [-0.39, 0.29) is 11.8 Å². The van der Waals surface area contributed by atoms with E-state index in [0.29, 0.717) is 17.9 Å². The lowest BCUT2D eigenvalue weighted by Crippen LogP contribution is -2.01. The molecule has 2 rings (SSSR count). The van der Waals surface area contributed by atoms with Gasteiger partial charge in [-0.15, -0.1) is 0 Å². The highest BCUT2D eigenvalue weighted by Crippen LogP contribution is 2.37. The molecule has 0 bridgehead atoms. The van der Waals surface area contributed by atoms with Crippen molar-refractivity contribution >= 4 is 0 Å². The van der Waals surface area contributed by atoms with Crippen molar-refractivity contribution in [3.63, 3.8) is 0 Å². The first kappa shape index (κ1) is 21.3. The van der Waals surface area contributed by atoms with Gasteiger partial charge in [0.15, 0.2) is 0 Å². The summed E-state index contributed by atoms with van der Waals surface area (Å²) in [5.74, 6) is 1.31. The molecule has 2 heteroatoms. The zero-order valence-electron chi connectivity index (χ0n) is 17.9. The van der Waals surface area contributed by atoms with Gasteiger partial charge in [-0.3, -0.25) is 0 Å². The van der Waals surface area contributed by atoms with Crippen LogP contribution in [0.2, 0.25) is 0 Å². The summed E-state index contributed by atoms with van der Waals surface area (Å²) >= 11 is 0. The molecular weight excluding hydrogens is 332 g/mol. The number of aromatic hydroxyl groups is 2. The van der Waals surface area contributed by atoms with Crippen LogP contribution in [-0.2, 0) is 19.3 Å². The second kappa shape index (κ2) is 9.30. The van der Waals surface area contributed by atoms with Crippen LogP contribution in [-0.4, -0.2) is 10.2 Å². The van der Waals surface area contributed by atoms with Crippen LogP contribution >= 0.6 is 0 Å². The van der Waals surface area contributed by atoms with Crippen molar-refractivity contribution in [3.8, 4) is 11.5 Å². The molecule has 0 aliphatic carbocycles. The average molecular weight is 369 g/mol. The molecule has 0 heterocycles. The highest BCUT2D eigenvalue weighted by atomic mass is 16.3. The second-order valence-electron chi connectivity index (χ2n) is 8.37. The molecule has 0 unspecified atom stereocenters. The highest BCUT2D eigenvalue weighted by molar-refractivity contribution is 5.52. The van der Waals surface area contributed by atoms with Crippen molar-refractivity contribution in [2.45, 2.75) is 85.5 Å². The molecule has 2 N–H and O–H groups in total. The summed E-state index contributed by atoms with van der Waals surface area (Å²) in [5.41, 5.74) is 6.38. The largest absolute Gasteiger partial charge is 0.507 e. The van der Waals surface area contributed by atoms with E-state index in [1.165, 1.54) is 11.1 Å². The fraction of sp³-hybridized carbons (Fsp3) is 0.520. The Morgan fingerprint density at radius 2 is 1.04 bits per heavy atom. The molecule has 0 saturated carbocycles. The van der Waals surface area contributed by atoms with Gasteiger partial charge in [-0.25, -0.2) is 0 Å². The van der Waals surface area contributed by atoms with Crippen molar-refractivity contribution in [3.05, 3.63) is 57.6 Å². The summed E-state index contributed by atoms with van der Waals surface area (Å²) in [7, 11) is 0. The van der Waals surface area contributed by atoms with Crippen LogP contribution in [0, 0.1) is 0 Å². The smallest absolute Gasteiger partial charge is 0.122 e. The lowest BCUT2D eigenvalue weighted by atomic mass is 9.89. The number of aryl methyl sites for hydroxylation is 2. The molecule has 0 aliphatic rings. The standard InChI is InChI=1S/C25H36O2/c1-7-9-18-11-20(24(26)22(13-18)16(3)4)15-21-12-19(10-8-2)14-23(17(5)6)25(21)27/h11-14,16-17,26-27H,7-10,15H2,1-6H3. The first-order valence-corrected chi connectivity index (χ1v) is 10.5. The van der Waals surface area contributed by atoms with E-state index < -0.39 is 0 Å². The van der Waals surface area contributed by atoms with Crippen LogP contribution in [0.5, 0.6) is 11.5 Å². The molecule has 0 radical (unpaired) electrons. The first-order valence-electron chi connectivity index (χ1n) is 10.5. The van der Waals surface area contributed by atoms with Crippen LogP contribution in [0.15, 0.2) is 24.3 Å². The van der Waals surface area contributed by atoms with E-state index in [2.05, 4.69) is 65.8 Å². The number of rotatable bonds is 8. The predicted molar refractivity (Wildman–Crippen MR) is 115 cm³/mol. The number of phenols is 2. The van der Waals surface area contributed by atoms with Gasteiger partial charge in [0.25, 0.3) is 0 Å². The zero-order valence-corrected chi connectivity index (χ0v) is 17.9. The molecule has 0 aromatic heterocycles. The second-order valence-corrected chi connectivity index (χ2v) is 8.37. The molecule has 2 nitrogen and oxygen atoms in total. The molecule has 148 valence electrons. The Balaban J connectivity index is 2.55.